The number of urea groups is 1. The van der Waals surface area contributed by atoms with Gasteiger partial charge in [-0.2, -0.15) is 0 Å². The second-order valence-electron chi connectivity index (χ2n) is 2.08. The number of primary amides is 1. The summed E-state index contributed by atoms with van der Waals surface area (Å²) in [5.41, 5.74) is 5.49. The fraction of sp³-hybridized carbons (Fsp3) is 0.333. The van der Waals surface area contributed by atoms with Gasteiger partial charge >= 0.3 is 6.03 Å². The van der Waals surface area contributed by atoms with Crippen LogP contribution in [0.25, 0.3) is 0 Å². The molecule has 0 aromatic carbocycles. The lowest BCUT2D eigenvalue weighted by atomic mass is 10.3. The van der Waals surface area contributed by atoms with E-state index in [-0.39, 0.29) is 0 Å². The van der Waals surface area contributed by atoms with Gasteiger partial charge in [0.15, 0.2) is 0 Å². The van der Waals surface area contributed by atoms with Gasteiger partial charge in [-0.1, -0.05) is 5.57 Å². The lowest BCUT2D eigenvalue weighted by Gasteiger charge is -1.93. The maximum atomic E-state index is 10.6. The summed E-state index contributed by atoms with van der Waals surface area (Å²) in [6.45, 7) is 3.50. The summed E-state index contributed by atoms with van der Waals surface area (Å²) in [6.07, 6.45) is 1.30. The molecule has 0 atom stereocenters. The molecule has 4 nitrogen and oxygen atoms in total. The van der Waals surface area contributed by atoms with Gasteiger partial charge in [0, 0.05) is 6.08 Å². The van der Waals surface area contributed by atoms with Crippen molar-refractivity contribution < 1.29 is 9.59 Å². The molecule has 0 aliphatic rings. The van der Waals surface area contributed by atoms with Crippen LogP contribution in [-0.2, 0) is 4.79 Å². The van der Waals surface area contributed by atoms with Crippen molar-refractivity contribution in [2.45, 2.75) is 13.8 Å². The average Bonchev–Trinajstić information content (AvgIpc) is 1.58. The highest BCUT2D eigenvalue weighted by Gasteiger charge is 1.97. The zero-order chi connectivity index (χ0) is 8.15. The number of imide groups is 1. The van der Waals surface area contributed by atoms with Crippen LogP contribution in [0.1, 0.15) is 13.8 Å². The fourth-order valence-corrected chi connectivity index (χ4v) is 0.420. The van der Waals surface area contributed by atoms with Crippen LogP contribution >= 0.6 is 0 Å². The van der Waals surface area contributed by atoms with Crippen molar-refractivity contribution in [3.63, 3.8) is 0 Å². The number of carbonyl (C=O) groups is 2. The first-order chi connectivity index (χ1) is 4.52. The Morgan fingerprint density at radius 2 is 1.90 bits per heavy atom. The predicted molar refractivity (Wildman–Crippen MR) is 37.2 cm³/mol. The van der Waals surface area contributed by atoms with Crippen molar-refractivity contribution in [2.75, 3.05) is 0 Å². The highest BCUT2D eigenvalue weighted by atomic mass is 16.2. The third-order valence-corrected chi connectivity index (χ3v) is 0.666. The van der Waals surface area contributed by atoms with Crippen molar-refractivity contribution >= 4 is 11.9 Å². The molecule has 0 heterocycles. The fourth-order valence-electron chi connectivity index (χ4n) is 0.420. The van der Waals surface area contributed by atoms with E-state index in [9.17, 15) is 9.59 Å². The summed E-state index contributed by atoms with van der Waals surface area (Å²) in [5.74, 6) is -0.479. The third-order valence-electron chi connectivity index (χ3n) is 0.666. The number of amides is 3. The summed E-state index contributed by atoms with van der Waals surface area (Å²) in [6, 6.07) is -0.831. The molecule has 10 heavy (non-hydrogen) atoms. The number of hydrogen-bond acceptors (Lipinski definition) is 2. The van der Waals surface area contributed by atoms with Gasteiger partial charge in [0.1, 0.15) is 0 Å². The monoisotopic (exact) mass is 142 g/mol. The van der Waals surface area contributed by atoms with E-state index in [0.717, 1.165) is 5.57 Å². The van der Waals surface area contributed by atoms with Crippen molar-refractivity contribution in [3.05, 3.63) is 11.6 Å². The van der Waals surface area contributed by atoms with Crippen LogP contribution in [0.3, 0.4) is 0 Å². The molecule has 0 radical (unpaired) electrons. The molecule has 0 saturated carbocycles. The molecule has 0 fully saturated rings. The molecule has 4 heteroatoms. The second kappa shape index (κ2) is 3.66. The number of allylic oxidation sites excluding steroid dienone is 1. The molecule has 0 rings (SSSR count). The first-order valence-corrected chi connectivity index (χ1v) is 2.77. The minimum atomic E-state index is -0.831. The van der Waals surface area contributed by atoms with E-state index in [2.05, 4.69) is 5.73 Å². The van der Waals surface area contributed by atoms with Gasteiger partial charge in [0.05, 0.1) is 0 Å². The normalized spacial score (nSPS) is 8.20. The minimum Gasteiger partial charge on any atom is -0.351 e. The molecule has 0 saturated heterocycles. The van der Waals surface area contributed by atoms with Gasteiger partial charge in [0.25, 0.3) is 5.91 Å². The number of nitrogens with one attached hydrogen (secondary N) is 1. The summed E-state index contributed by atoms with van der Waals surface area (Å²) in [5, 5.41) is 1.90. The number of rotatable bonds is 1. The summed E-state index contributed by atoms with van der Waals surface area (Å²) >= 11 is 0. The van der Waals surface area contributed by atoms with Crippen molar-refractivity contribution in [1.29, 1.82) is 0 Å². The van der Waals surface area contributed by atoms with Crippen molar-refractivity contribution in [2.24, 2.45) is 5.73 Å². The van der Waals surface area contributed by atoms with Gasteiger partial charge in [-0.05, 0) is 13.8 Å². The van der Waals surface area contributed by atoms with Crippen LogP contribution in [0, 0.1) is 0 Å². The Hall–Kier alpha value is -1.32. The molecule has 3 N–H and O–H groups in total. The van der Waals surface area contributed by atoms with Gasteiger partial charge in [-0.25, -0.2) is 4.79 Å². The standard InChI is InChI=1S/C6H10N2O2/c1-4(2)3-5(9)8-6(7)10/h3H,1-2H3,(H3,7,8,9,10). The zero-order valence-corrected chi connectivity index (χ0v) is 5.97. The molecular weight excluding hydrogens is 132 g/mol. The second-order valence-corrected chi connectivity index (χ2v) is 2.08. The van der Waals surface area contributed by atoms with Gasteiger partial charge < -0.3 is 5.73 Å². The summed E-state index contributed by atoms with van der Waals surface area (Å²) in [7, 11) is 0. The maximum absolute atomic E-state index is 10.6. The van der Waals surface area contributed by atoms with Crippen LogP contribution < -0.4 is 11.1 Å². The molecule has 0 aromatic heterocycles. The van der Waals surface area contributed by atoms with E-state index < -0.39 is 11.9 Å². The predicted octanol–water partition coefficient (Wildman–Crippen LogP) is 0.148. The molecule has 3 amide bonds. The van der Waals surface area contributed by atoms with Gasteiger partial charge in [0.2, 0.25) is 0 Å². The number of hydrogen-bond donors (Lipinski definition) is 2. The first-order valence-electron chi connectivity index (χ1n) is 2.77. The van der Waals surface area contributed by atoms with Crippen LogP contribution in [-0.4, -0.2) is 11.9 Å². The molecule has 0 spiro atoms. The van der Waals surface area contributed by atoms with E-state index >= 15 is 0 Å². The third kappa shape index (κ3) is 4.83. The Labute approximate surface area is 59.1 Å². The summed E-state index contributed by atoms with van der Waals surface area (Å²) in [4.78, 5) is 20.6. The maximum Gasteiger partial charge on any atom is 0.319 e. The average molecular weight is 142 g/mol. The first kappa shape index (κ1) is 8.68. The SMILES string of the molecule is CC(C)=CC(=O)NC(N)=O. The smallest absolute Gasteiger partial charge is 0.319 e. The minimum absolute atomic E-state index is 0.479. The molecule has 0 aliphatic heterocycles. The largest absolute Gasteiger partial charge is 0.351 e. The summed E-state index contributed by atoms with van der Waals surface area (Å²) < 4.78 is 0. The Morgan fingerprint density at radius 1 is 1.40 bits per heavy atom. The Kier molecular flexibility index (Phi) is 3.17. The lowest BCUT2D eigenvalue weighted by molar-refractivity contribution is -0.115. The highest BCUT2D eigenvalue weighted by Crippen LogP contribution is 1.86. The highest BCUT2D eigenvalue weighted by molar-refractivity contribution is 5.99. The Morgan fingerprint density at radius 3 is 2.20 bits per heavy atom. The Balaban J connectivity index is 3.88. The topological polar surface area (TPSA) is 72.2 Å². The van der Waals surface area contributed by atoms with Crippen LogP contribution in [0.2, 0.25) is 0 Å². The van der Waals surface area contributed by atoms with Gasteiger partial charge in [-0.15, -0.1) is 0 Å². The van der Waals surface area contributed by atoms with E-state index in [1.54, 1.807) is 13.8 Å². The number of carbonyl (C=O) groups excluding carboxylic acids is 2. The quantitative estimate of drug-likeness (QED) is 0.511. The van der Waals surface area contributed by atoms with E-state index in [1.807, 2.05) is 5.32 Å². The van der Waals surface area contributed by atoms with Crippen LogP contribution in [0.5, 0.6) is 0 Å². The Bertz CT molecular complexity index is 180. The number of nitrogens with two attached hydrogens (primary N) is 1. The molecule has 0 aromatic rings. The van der Waals surface area contributed by atoms with E-state index in [0.29, 0.717) is 0 Å². The van der Waals surface area contributed by atoms with Crippen molar-refractivity contribution in [1.82, 2.24) is 5.32 Å². The van der Waals surface area contributed by atoms with Crippen molar-refractivity contribution in [3.8, 4) is 0 Å². The molecule has 56 valence electrons. The zero-order valence-electron chi connectivity index (χ0n) is 5.97. The van der Waals surface area contributed by atoms with Gasteiger partial charge in [-0.3, -0.25) is 10.1 Å². The van der Waals surface area contributed by atoms with E-state index in [4.69, 9.17) is 0 Å². The molecule has 0 unspecified atom stereocenters. The van der Waals surface area contributed by atoms with E-state index in [1.165, 1.54) is 6.08 Å². The molecule has 0 aliphatic carbocycles. The molecular formula is C6H10N2O2. The molecule has 0 bridgehead atoms. The van der Waals surface area contributed by atoms with Crippen LogP contribution in [0.15, 0.2) is 11.6 Å². The van der Waals surface area contributed by atoms with Crippen LogP contribution in [0.4, 0.5) is 4.79 Å². The lowest BCUT2D eigenvalue weighted by Crippen LogP contribution is -2.33.